The van der Waals surface area contributed by atoms with E-state index in [2.05, 4.69) is 10.6 Å². The van der Waals surface area contributed by atoms with E-state index in [1.807, 2.05) is 81.4 Å². The Bertz CT molecular complexity index is 806. The van der Waals surface area contributed by atoms with Crippen molar-refractivity contribution in [3.05, 3.63) is 71.8 Å². The molecule has 2 rings (SSSR count). The van der Waals surface area contributed by atoms with Gasteiger partial charge in [-0.25, -0.2) is 0 Å². The van der Waals surface area contributed by atoms with Crippen molar-refractivity contribution >= 4 is 11.9 Å². The molecule has 7 heteroatoms. The van der Waals surface area contributed by atoms with Gasteiger partial charge in [-0.15, -0.1) is 0 Å². The van der Waals surface area contributed by atoms with Crippen LogP contribution in [0.2, 0.25) is 0 Å². The molecule has 0 bridgehead atoms. The van der Waals surface area contributed by atoms with Crippen LogP contribution in [0, 0.1) is 0 Å². The first-order valence-corrected chi connectivity index (χ1v) is 10.3. The summed E-state index contributed by atoms with van der Waals surface area (Å²) >= 11 is 0. The summed E-state index contributed by atoms with van der Waals surface area (Å²) in [5, 5.41) is 16.0. The molecule has 2 atom stereocenters. The molecule has 0 saturated heterocycles. The normalized spacial score (nSPS) is 13.3. The van der Waals surface area contributed by atoms with Crippen LogP contribution in [0.4, 0.5) is 0 Å². The Hall–Kier alpha value is -2.74. The quantitative estimate of drug-likeness (QED) is 0.374. The van der Waals surface area contributed by atoms with Crippen molar-refractivity contribution in [1.29, 1.82) is 0 Å². The van der Waals surface area contributed by atoms with Crippen molar-refractivity contribution in [2.24, 2.45) is 0 Å². The number of benzene rings is 2. The second-order valence-electron chi connectivity index (χ2n) is 8.29. The standard InChI is InChI=1S/C24H32N2O5/c1-24(2,3)26-23(29)25-20(22(28)31-17-19-12-8-5-9-13-19)14-15-21(27)30-16-18-10-6-4-7-11-18/h4-13,20,23,25-26,29H,14-17H2,1-3H3/t20-,23+/m0/s1. The molecule has 3 N–H and O–H groups in total. The summed E-state index contributed by atoms with van der Waals surface area (Å²) in [5.74, 6) is -0.973. The van der Waals surface area contributed by atoms with Crippen LogP contribution in [0.1, 0.15) is 44.7 Å². The lowest BCUT2D eigenvalue weighted by Gasteiger charge is -2.28. The number of hydrogen-bond acceptors (Lipinski definition) is 7. The van der Waals surface area contributed by atoms with Crippen LogP contribution in [0.5, 0.6) is 0 Å². The Labute approximate surface area is 183 Å². The molecule has 0 aliphatic rings. The van der Waals surface area contributed by atoms with Gasteiger partial charge in [0.25, 0.3) is 0 Å². The van der Waals surface area contributed by atoms with Gasteiger partial charge in [-0.2, -0.15) is 0 Å². The van der Waals surface area contributed by atoms with Crippen molar-refractivity contribution in [2.45, 2.75) is 64.8 Å². The van der Waals surface area contributed by atoms with Crippen LogP contribution in [0.25, 0.3) is 0 Å². The van der Waals surface area contributed by atoms with E-state index in [0.29, 0.717) is 0 Å². The maximum absolute atomic E-state index is 12.6. The van der Waals surface area contributed by atoms with Gasteiger partial charge in [0.05, 0.1) is 0 Å². The Morgan fingerprint density at radius 3 is 1.94 bits per heavy atom. The number of rotatable bonds is 11. The highest BCUT2D eigenvalue weighted by Crippen LogP contribution is 2.09. The Kier molecular flexibility index (Phi) is 9.65. The first-order valence-electron chi connectivity index (χ1n) is 10.3. The first kappa shape index (κ1) is 24.5. The van der Waals surface area contributed by atoms with Crippen LogP contribution in [-0.2, 0) is 32.3 Å². The maximum Gasteiger partial charge on any atom is 0.323 e. The van der Waals surface area contributed by atoms with Crippen molar-refractivity contribution in [1.82, 2.24) is 10.6 Å². The van der Waals surface area contributed by atoms with Gasteiger partial charge in [0, 0.05) is 12.0 Å². The molecular weight excluding hydrogens is 396 g/mol. The van der Waals surface area contributed by atoms with Gasteiger partial charge in [-0.3, -0.25) is 20.2 Å². The van der Waals surface area contributed by atoms with Gasteiger partial charge in [0.2, 0.25) is 0 Å². The molecule has 0 spiro atoms. The van der Waals surface area contributed by atoms with E-state index in [1.54, 1.807) is 0 Å². The minimum absolute atomic E-state index is 0.00712. The van der Waals surface area contributed by atoms with E-state index < -0.39 is 24.3 Å². The zero-order chi connectivity index (χ0) is 22.7. The van der Waals surface area contributed by atoms with E-state index in [0.717, 1.165) is 11.1 Å². The van der Waals surface area contributed by atoms with E-state index >= 15 is 0 Å². The molecule has 0 aliphatic carbocycles. The van der Waals surface area contributed by atoms with E-state index in [4.69, 9.17) is 9.47 Å². The third-order valence-corrected chi connectivity index (χ3v) is 4.32. The summed E-state index contributed by atoms with van der Waals surface area (Å²) in [6.45, 7) is 5.95. The van der Waals surface area contributed by atoms with Crippen LogP contribution in [0.15, 0.2) is 60.7 Å². The molecule has 31 heavy (non-hydrogen) atoms. The molecule has 2 aromatic carbocycles. The predicted molar refractivity (Wildman–Crippen MR) is 118 cm³/mol. The molecule has 168 valence electrons. The summed E-state index contributed by atoms with van der Waals surface area (Å²) in [7, 11) is 0. The summed E-state index contributed by atoms with van der Waals surface area (Å²) in [6, 6.07) is 17.8. The van der Waals surface area contributed by atoms with Crippen LogP contribution < -0.4 is 10.6 Å². The average molecular weight is 429 g/mol. The zero-order valence-corrected chi connectivity index (χ0v) is 18.3. The highest BCUT2D eigenvalue weighted by Gasteiger charge is 2.25. The fourth-order valence-electron chi connectivity index (χ4n) is 2.81. The van der Waals surface area contributed by atoms with Gasteiger partial charge in [-0.05, 0) is 38.3 Å². The SMILES string of the molecule is CC(C)(C)N[C@H](O)N[C@@H](CCC(=O)OCc1ccccc1)C(=O)OCc1ccccc1. The molecule has 0 radical (unpaired) electrons. The van der Waals surface area contributed by atoms with E-state index in [9.17, 15) is 14.7 Å². The average Bonchev–Trinajstić information content (AvgIpc) is 2.73. The summed E-state index contributed by atoms with van der Waals surface area (Å²) in [5.41, 5.74) is 1.36. The van der Waals surface area contributed by atoms with Gasteiger partial charge in [-0.1, -0.05) is 60.7 Å². The number of hydrogen-bond donors (Lipinski definition) is 3. The number of aliphatic hydroxyl groups is 1. The smallest absolute Gasteiger partial charge is 0.323 e. The molecule has 7 nitrogen and oxygen atoms in total. The fourth-order valence-corrected chi connectivity index (χ4v) is 2.81. The lowest BCUT2D eigenvalue weighted by atomic mass is 10.1. The van der Waals surface area contributed by atoms with Gasteiger partial charge in [0.1, 0.15) is 19.3 Å². The van der Waals surface area contributed by atoms with Crippen molar-refractivity contribution in [3.63, 3.8) is 0 Å². The minimum Gasteiger partial charge on any atom is -0.461 e. The number of esters is 2. The summed E-state index contributed by atoms with van der Waals surface area (Å²) in [6.07, 6.45) is -1.01. The molecule has 0 aliphatic heterocycles. The van der Waals surface area contributed by atoms with Gasteiger partial charge >= 0.3 is 11.9 Å². The van der Waals surface area contributed by atoms with Gasteiger partial charge in [0.15, 0.2) is 6.35 Å². The Morgan fingerprint density at radius 1 is 0.903 bits per heavy atom. The summed E-state index contributed by atoms with van der Waals surface area (Å²) in [4.78, 5) is 24.8. The number of aliphatic hydroxyl groups excluding tert-OH is 1. The molecule has 2 aromatic rings. The van der Waals surface area contributed by atoms with Gasteiger partial charge < -0.3 is 14.6 Å². The second kappa shape index (κ2) is 12.2. The highest BCUT2D eigenvalue weighted by atomic mass is 16.5. The van der Waals surface area contributed by atoms with Crippen molar-refractivity contribution < 1.29 is 24.2 Å². The number of carbonyl (C=O) groups excluding carboxylic acids is 2. The molecule has 0 unspecified atom stereocenters. The van der Waals surface area contributed by atoms with Crippen LogP contribution in [0.3, 0.4) is 0 Å². The molecule has 0 amide bonds. The Morgan fingerprint density at radius 2 is 1.42 bits per heavy atom. The maximum atomic E-state index is 12.6. The monoisotopic (exact) mass is 428 g/mol. The number of carbonyl (C=O) groups is 2. The minimum atomic E-state index is -1.14. The third kappa shape index (κ3) is 10.2. The molecule has 0 aromatic heterocycles. The first-order chi connectivity index (χ1) is 14.7. The number of ether oxygens (including phenoxy) is 2. The summed E-state index contributed by atoms with van der Waals surface area (Å²) < 4.78 is 10.7. The highest BCUT2D eigenvalue weighted by molar-refractivity contribution is 5.77. The molecule has 0 fully saturated rings. The lowest BCUT2D eigenvalue weighted by Crippen LogP contribution is -2.55. The van der Waals surface area contributed by atoms with Crippen LogP contribution in [-0.4, -0.2) is 35.0 Å². The van der Waals surface area contributed by atoms with Crippen molar-refractivity contribution in [2.75, 3.05) is 0 Å². The third-order valence-electron chi connectivity index (χ3n) is 4.32. The van der Waals surface area contributed by atoms with Crippen LogP contribution >= 0.6 is 0 Å². The zero-order valence-electron chi connectivity index (χ0n) is 18.3. The Balaban J connectivity index is 1.90. The largest absolute Gasteiger partial charge is 0.461 e. The number of nitrogens with one attached hydrogen (secondary N) is 2. The fraction of sp³-hybridized carbons (Fsp3) is 0.417. The second-order valence-corrected chi connectivity index (χ2v) is 8.29. The van der Waals surface area contributed by atoms with Crippen molar-refractivity contribution in [3.8, 4) is 0 Å². The lowest BCUT2D eigenvalue weighted by molar-refractivity contribution is -0.150. The van der Waals surface area contributed by atoms with E-state index in [-0.39, 0.29) is 31.6 Å². The molecule has 0 heterocycles. The van der Waals surface area contributed by atoms with E-state index in [1.165, 1.54) is 0 Å². The predicted octanol–water partition coefficient (Wildman–Crippen LogP) is 2.88. The topological polar surface area (TPSA) is 96.9 Å². The molecule has 0 saturated carbocycles. The molecular formula is C24H32N2O5.